The van der Waals surface area contributed by atoms with Gasteiger partial charge in [-0.2, -0.15) is 17.0 Å². The quantitative estimate of drug-likeness (QED) is 0.847. The van der Waals surface area contributed by atoms with Crippen LogP contribution < -0.4 is 5.32 Å². The van der Waals surface area contributed by atoms with E-state index in [4.69, 9.17) is 5.26 Å². The number of nitriles is 1. The summed E-state index contributed by atoms with van der Waals surface area (Å²) in [5.41, 5.74) is -0.406. The average Bonchev–Trinajstić information content (AvgIpc) is 2.94. The van der Waals surface area contributed by atoms with Crippen molar-refractivity contribution in [2.45, 2.75) is 24.8 Å². The molecule has 0 saturated carbocycles. The van der Waals surface area contributed by atoms with Crippen molar-refractivity contribution in [2.24, 2.45) is 0 Å². The first-order valence-corrected chi connectivity index (χ1v) is 7.79. The Balaban J connectivity index is 1.85. The van der Waals surface area contributed by atoms with Gasteiger partial charge < -0.3 is 5.32 Å². The van der Waals surface area contributed by atoms with E-state index in [1.165, 1.54) is 24.3 Å². The second-order valence-electron chi connectivity index (χ2n) is 4.97. The molecule has 0 aliphatic carbocycles. The van der Waals surface area contributed by atoms with Gasteiger partial charge in [0.15, 0.2) is 5.78 Å². The number of nitrogens with zero attached hydrogens (tertiary/aromatic N) is 1. The van der Waals surface area contributed by atoms with Crippen molar-refractivity contribution in [3.63, 3.8) is 0 Å². The Bertz CT molecular complexity index is 574. The fourth-order valence-corrected chi connectivity index (χ4v) is 3.38. The van der Waals surface area contributed by atoms with E-state index >= 15 is 0 Å². The molecule has 1 aromatic carbocycles. The van der Waals surface area contributed by atoms with E-state index in [0.29, 0.717) is 17.7 Å². The maximum atomic E-state index is 12.8. The molecule has 1 saturated heterocycles. The standard InChI is InChI=1S/C15H15FN2O2S/c16-12-3-1-11(2-4-12)13(19)5-6-14(20)18-15(9-17)7-8-21-10-15/h1-4H,5-8,10H2,(H,18,20). The van der Waals surface area contributed by atoms with Crippen LogP contribution in [0.1, 0.15) is 29.6 Å². The highest BCUT2D eigenvalue weighted by atomic mass is 32.2. The number of amides is 1. The minimum absolute atomic E-state index is 0.0321. The highest BCUT2D eigenvalue weighted by molar-refractivity contribution is 7.99. The van der Waals surface area contributed by atoms with Gasteiger partial charge in [-0.05, 0) is 36.4 Å². The van der Waals surface area contributed by atoms with Crippen LogP contribution in [0.2, 0.25) is 0 Å². The molecule has 2 rings (SSSR count). The van der Waals surface area contributed by atoms with Crippen LogP contribution in [0.4, 0.5) is 4.39 Å². The molecule has 4 nitrogen and oxygen atoms in total. The number of hydrogen-bond acceptors (Lipinski definition) is 4. The number of halogens is 1. The smallest absolute Gasteiger partial charge is 0.221 e. The molecule has 1 aliphatic rings. The number of rotatable bonds is 5. The second-order valence-corrected chi connectivity index (χ2v) is 6.08. The normalized spacial score (nSPS) is 20.8. The maximum Gasteiger partial charge on any atom is 0.221 e. The molecule has 21 heavy (non-hydrogen) atoms. The molecule has 0 bridgehead atoms. The Morgan fingerprint density at radius 2 is 2.05 bits per heavy atom. The Labute approximate surface area is 126 Å². The van der Waals surface area contributed by atoms with E-state index in [1.807, 2.05) is 0 Å². The zero-order chi connectivity index (χ0) is 15.3. The molecule has 1 aliphatic heterocycles. The largest absolute Gasteiger partial charge is 0.337 e. The molecule has 1 N–H and O–H groups in total. The number of thioether (sulfide) groups is 1. The summed E-state index contributed by atoms with van der Waals surface area (Å²) in [7, 11) is 0. The molecule has 6 heteroatoms. The molecule has 1 amide bonds. The van der Waals surface area contributed by atoms with Crippen LogP contribution in [0.3, 0.4) is 0 Å². The first kappa shape index (κ1) is 15.5. The molecule has 110 valence electrons. The van der Waals surface area contributed by atoms with Crippen molar-refractivity contribution >= 4 is 23.5 Å². The second kappa shape index (κ2) is 6.72. The third-order valence-electron chi connectivity index (χ3n) is 3.36. The highest BCUT2D eigenvalue weighted by Crippen LogP contribution is 2.27. The van der Waals surface area contributed by atoms with Gasteiger partial charge in [-0.3, -0.25) is 9.59 Å². The van der Waals surface area contributed by atoms with Crippen LogP contribution in [-0.2, 0) is 4.79 Å². The first-order valence-electron chi connectivity index (χ1n) is 6.63. The van der Waals surface area contributed by atoms with Gasteiger partial charge in [-0.15, -0.1) is 0 Å². The zero-order valence-corrected chi connectivity index (χ0v) is 12.2. The Hall–Kier alpha value is -1.87. The molecule has 1 atom stereocenters. The van der Waals surface area contributed by atoms with E-state index in [1.54, 1.807) is 11.8 Å². The van der Waals surface area contributed by atoms with Crippen molar-refractivity contribution < 1.29 is 14.0 Å². The van der Waals surface area contributed by atoms with Gasteiger partial charge in [0.2, 0.25) is 5.91 Å². The van der Waals surface area contributed by atoms with Crippen LogP contribution in [0.15, 0.2) is 24.3 Å². The number of nitrogens with one attached hydrogen (secondary N) is 1. The highest BCUT2D eigenvalue weighted by Gasteiger charge is 2.35. The van der Waals surface area contributed by atoms with E-state index in [2.05, 4.69) is 11.4 Å². The fraction of sp³-hybridized carbons (Fsp3) is 0.400. The van der Waals surface area contributed by atoms with Crippen LogP contribution in [-0.4, -0.2) is 28.7 Å². The topological polar surface area (TPSA) is 70.0 Å². The summed E-state index contributed by atoms with van der Waals surface area (Å²) < 4.78 is 12.8. The number of ketones is 1. The molecular weight excluding hydrogens is 291 g/mol. The third kappa shape index (κ3) is 4.05. The Morgan fingerprint density at radius 1 is 1.33 bits per heavy atom. The first-order chi connectivity index (χ1) is 10.0. The van der Waals surface area contributed by atoms with Crippen LogP contribution in [0.5, 0.6) is 0 Å². The molecule has 0 radical (unpaired) electrons. The fourth-order valence-electron chi connectivity index (χ4n) is 2.12. The average molecular weight is 306 g/mol. The number of carbonyl (C=O) groups is 2. The number of carbonyl (C=O) groups excluding carboxylic acids is 2. The van der Waals surface area contributed by atoms with Gasteiger partial charge in [0.25, 0.3) is 0 Å². The van der Waals surface area contributed by atoms with E-state index < -0.39 is 11.4 Å². The minimum Gasteiger partial charge on any atom is -0.337 e. The molecule has 1 unspecified atom stereocenters. The van der Waals surface area contributed by atoms with Gasteiger partial charge in [0.1, 0.15) is 11.4 Å². The van der Waals surface area contributed by atoms with E-state index in [-0.39, 0.29) is 24.5 Å². The summed E-state index contributed by atoms with van der Waals surface area (Å²) in [6.07, 6.45) is 0.711. The minimum atomic E-state index is -0.791. The molecule has 0 aromatic heterocycles. The van der Waals surface area contributed by atoms with E-state index in [0.717, 1.165) is 5.75 Å². The van der Waals surface area contributed by atoms with Gasteiger partial charge in [-0.25, -0.2) is 4.39 Å². The van der Waals surface area contributed by atoms with Crippen molar-refractivity contribution in [2.75, 3.05) is 11.5 Å². The summed E-state index contributed by atoms with van der Waals surface area (Å²) >= 11 is 1.63. The summed E-state index contributed by atoms with van der Waals surface area (Å²) in [6.45, 7) is 0. The summed E-state index contributed by atoms with van der Waals surface area (Å²) in [6, 6.07) is 7.39. The van der Waals surface area contributed by atoms with Crippen molar-refractivity contribution in [1.82, 2.24) is 5.32 Å². The van der Waals surface area contributed by atoms with Gasteiger partial charge in [0.05, 0.1) is 6.07 Å². The van der Waals surface area contributed by atoms with Crippen molar-refractivity contribution in [1.29, 1.82) is 5.26 Å². The summed E-state index contributed by atoms with van der Waals surface area (Å²) in [4.78, 5) is 23.7. The number of benzene rings is 1. The molecule has 1 heterocycles. The van der Waals surface area contributed by atoms with Crippen molar-refractivity contribution in [3.05, 3.63) is 35.6 Å². The zero-order valence-electron chi connectivity index (χ0n) is 11.4. The lowest BCUT2D eigenvalue weighted by atomic mass is 10.0. The molecular formula is C15H15FN2O2S. The van der Waals surface area contributed by atoms with Crippen LogP contribution in [0, 0.1) is 17.1 Å². The van der Waals surface area contributed by atoms with Gasteiger partial charge in [0, 0.05) is 24.2 Å². The lowest BCUT2D eigenvalue weighted by Gasteiger charge is -2.21. The molecule has 1 aromatic rings. The lowest BCUT2D eigenvalue weighted by molar-refractivity contribution is -0.122. The SMILES string of the molecule is N#CC1(NC(=O)CCC(=O)c2ccc(F)cc2)CCSC1. The van der Waals surface area contributed by atoms with Crippen molar-refractivity contribution in [3.8, 4) is 6.07 Å². The lowest BCUT2D eigenvalue weighted by Crippen LogP contribution is -2.47. The Morgan fingerprint density at radius 3 is 2.62 bits per heavy atom. The van der Waals surface area contributed by atoms with E-state index in [9.17, 15) is 14.0 Å². The predicted octanol–water partition coefficient (Wildman–Crippen LogP) is 2.30. The molecule has 1 fully saturated rings. The van der Waals surface area contributed by atoms with Crippen LogP contribution >= 0.6 is 11.8 Å². The number of Topliss-reactive ketones (excluding diaryl/α,β-unsaturated/α-hetero) is 1. The summed E-state index contributed by atoms with van der Waals surface area (Å²) in [5.74, 6) is 0.522. The monoisotopic (exact) mass is 306 g/mol. The van der Waals surface area contributed by atoms with Crippen LogP contribution in [0.25, 0.3) is 0 Å². The predicted molar refractivity (Wildman–Crippen MR) is 78.4 cm³/mol. The maximum absolute atomic E-state index is 12.8. The summed E-state index contributed by atoms with van der Waals surface area (Å²) in [5, 5.41) is 11.9. The third-order valence-corrected chi connectivity index (χ3v) is 4.55. The molecule has 0 spiro atoms. The van der Waals surface area contributed by atoms with Gasteiger partial charge in [-0.1, -0.05) is 0 Å². The van der Waals surface area contributed by atoms with Gasteiger partial charge >= 0.3 is 0 Å². The Kier molecular flexibility index (Phi) is 4.97. The number of hydrogen-bond donors (Lipinski definition) is 1.